The van der Waals surface area contributed by atoms with E-state index in [-0.39, 0.29) is 12.5 Å². The number of amides is 1. The number of hydrogen-bond donors (Lipinski definition) is 1. The molecule has 1 aromatic heterocycles. The normalized spacial score (nSPS) is 13.5. The molecule has 0 saturated heterocycles. The molecule has 0 spiro atoms. The second-order valence-electron chi connectivity index (χ2n) is 5.72. The number of rotatable bonds is 7. The molecule has 0 atom stereocenters. The van der Waals surface area contributed by atoms with Gasteiger partial charge in [-0.3, -0.25) is 4.79 Å². The van der Waals surface area contributed by atoms with Crippen molar-refractivity contribution in [3.63, 3.8) is 0 Å². The highest BCUT2D eigenvalue weighted by Crippen LogP contribution is 2.39. The minimum atomic E-state index is -0.143. The van der Waals surface area contributed by atoms with E-state index >= 15 is 0 Å². The maximum atomic E-state index is 12.3. The smallest absolute Gasteiger partial charge is 0.243 e. The highest BCUT2D eigenvalue weighted by molar-refractivity contribution is 7.09. The molecule has 8 heteroatoms. The van der Waals surface area contributed by atoms with E-state index in [1.165, 1.54) is 11.5 Å². The minimum absolute atomic E-state index is 0.143. The Bertz CT molecular complexity index is 708. The van der Waals surface area contributed by atoms with Gasteiger partial charge in [0.15, 0.2) is 0 Å². The first-order valence-electron chi connectivity index (χ1n) is 7.66. The number of benzene rings is 1. The molecular weight excluding hydrogens is 328 g/mol. The lowest BCUT2D eigenvalue weighted by Gasteiger charge is -2.15. The van der Waals surface area contributed by atoms with Gasteiger partial charge >= 0.3 is 0 Å². The van der Waals surface area contributed by atoms with E-state index in [1.54, 1.807) is 37.3 Å². The van der Waals surface area contributed by atoms with Crippen LogP contribution >= 0.6 is 11.5 Å². The number of ether oxygens (including phenoxy) is 2. The second-order valence-corrected chi connectivity index (χ2v) is 6.45. The van der Waals surface area contributed by atoms with Crippen molar-refractivity contribution in [2.75, 3.05) is 38.0 Å². The fraction of sp³-hybridized carbons (Fsp3) is 0.438. The van der Waals surface area contributed by atoms with Crippen LogP contribution in [0.1, 0.15) is 24.6 Å². The molecule has 1 heterocycles. The zero-order valence-electron chi connectivity index (χ0n) is 13.9. The van der Waals surface area contributed by atoms with Gasteiger partial charge in [0.05, 0.1) is 20.8 Å². The first-order chi connectivity index (χ1) is 11.6. The van der Waals surface area contributed by atoms with E-state index < -0.39 is 0 Å². The van der Waals surface area contributed by atoms with Crippen LogP contribution in [-0.4, -0.2) is 43.1 Å². The Morgan fingerprint density at radius 1 is 1.29 bits per heavy atom. The summed E-state index contributed by atoms with van der Waals surface area (Å²) in [5.74, 6) is 2.52. The van der Waals surface area contributed by atoms with Gasteiger partial charge in [-0.05, 0) is 12.8 Å². The summed E-state index contributed by atoms with van der Waals surface area (Å²) in [5.41, 5.74) is 0.625. The molecule has 7 nitrogen and oxygen atoms in total. The van der Waals surface area contributed by atoms with Gasteiger partial charge in [-0.2, -0.15) is 4.37 Å². The fourth-order valence-electron chi connectivity index (χ4n) is 2.25. The van der Waals surface area contributed by atoms with Crippen LogP contribution in [0.2, 0.25) is 0 Å². The SMILES string of the molecule is COc1cc(NC(=O)CN(C)c2nc(C3CC3)ns2)cc(OC)c1. The van der Waals surface area contributed by atoms with Crippen molar-refractivity contribution in [2.45, 2.75) is 18.8 Å². The summed E-state index contributed by atoms with van der Waals surface area (Å²) in [4.78, 5) is 18.6. The maximum Gasteiger partial charge on any atom is 0.243 e. The molecule has 0 aliphatic heterocycles. The Hall–Kier alpha value is -2.35. The van der Waals surface area contributed by atoms with Gasteiger partial charge in [-0.25, -0.2) is 4.98 Å². The number of nitrogens with zero attached hydrogens (tertiary/aromatic N) is 3. The molecule has 1 aliphatic rings. The van der Waals surface area contributed by atoms with Crippen LogP contribution in [0.4, 0.5) is 10.8 Å². The van der Waals surface area contributed by atoms with Crippen molar-refractivity contribution in [3.05, 3.63) is 24.0 Å². The number of aromatic nitrogens is 2. The molecule has 1 saturated carbocycles. The number of nitrogens with one attached hydrogen (secondary N) is 1. The zero-order valence-corrected chi connectivity index (χ0v) is 14.7. The lowest BCUT2D eigenvalue weighted by atomic mass is 10.2. The van der Waals surface area contributed by atoms with Crippen molar-refractivity contribution >= 4 is 28.3 Å². The first kappa shape index (κ1) is 16.5. The molecule has 0 unspecified atom stereocenters. The van der Waals surface area contributed by atoms with Crippen LogP contribution < -0.4 is 19.7 Å². The highest BCUT2D eigenvalue weighted by Gasteiger charge is 2.28. The summed E-state index contributed by atoms with van der Waals surface area (Å²) in [6.45, 7) is 0.193. The summed E-state index contributed by atoms with van der Waals surface area (Å²) in [6.07, 6.45) is 2.33. The Balaban J connectivity index is 1.61. The van der Waals surface area contributed by atoms with Crippen LogP contribution in [0.5, 0.6) is 11.5 Å². The van der Waals surface area contributed by atoms with Crippen LogP contribution in [0.15, 0.2) is 18.2 Å². The molecule has 1 aromatic carbocycles. The van der Waals surface area contributed by atoms with E-state index in [0.717, 1.165) is 23.8 Å². The van der Waals surface area contributed by atoms with Crippen molar-refractivity contribution < 1.29 is 14.3 Å². The molecule has 2 aromatic rings. The number of hydrogen-bond acceptors (Lipinski definition) is 7. The lowest BCUT2D eigenvalue weighted by Crippen LogP contribution is -2.30. The van der Waals surface area contributed by atoms with Crippen molar-refractivity contribution in [3.8, 4) is 11.5 Å². The standard InChI is InChI=1S/C16H20N4O3S/c1-20(16-18-15(19-24-16)10-4-5-10)9-14(21)17-11-6-12(22-2)8-13(7-11)23-3/h6-8,10H,4-5,9H2,1-3H3,(H,17,21). The molecular formula is C16H20N4O3S. The molecule has 1 fully saturated rings. The van der Waals surface area contributed by atoms with Gasteiger partial charge in [0.2, 0.25) is 11.0 Å². The lowest BCUT2D eigenvalue weighted by molar-refractivity contribution is -0.114. The monoisotopic (exact) mass is 348 g/mol. The van der Waals surface area contributed by atoms with E-state index in [2.05, 4.69) is 14.7 Å². The molecule has 24 heavy (non-hydrogen) atoms. The van der Waals surface area contributed by atoms with Crippen molar-refractivity contribution in [2.24, 2.45) is 0 Å². The molecule has 3 rings (SSSR count). The fourth-order valence-corrected chi connectivity index (χ4v) is 2.96. The number of carbonyl (C=O) groups excluding carboxylic acids is 1. The predicted octanol–water partition coefficient (Wildman–Crippen LogP) is 2.51. The average Bonchev–Trinajstić information content (AvgIpc) is 3.31. The zero-order chi connectivity index (χ0) is 17.1. The van der Waals surface area contributed by atoms with Gasteiger partial charge in [0.25, 0.3) is 0 Å². The Labute approximate surface area is 144 Å². The minimum Gasteiger partial charge on any atom is -0.497 e. The Morgan fingerprint density at radius 2 is 1.96 bits per heavy atom. The van der Waals surface area contributed by atoms with Crippen LogP contribution in [-0.2, 0) is 4.79 Å². The molecule has 1 aliphatic carbocycles. The summed E-state index contributed by atoms with van der Waals surface area (Å²) in [6, 6.07) is 5.25. The third-order valence-corrected chi connectivity index (χ3v) is 4.56. The van der Waals surface area contributed by atoms with Crippen LogP contribution in [0, 0.1) is 0 Å². The quantitative estimate of drug-likeness (QED) is 0.828. The van der Waals surface area contributed by atoms with Gasteiger partial charge in [-0.1, -0.05) is 0 Å². The Morgan fingerprint density at radius 3 is 2.54 bits per heavy atom. The van der Waals surface area contributed by atoms with E-state index in [4.69, 9.17) is 9.47 Å². The van der Waals surface area contributed by atoms with E-state index in [0.29, 0.717) is 23.1 Å². The molecule has 1 N–H and O–H groups in total. The maximum absolute atomic E-state index is 12.3. The average molecular weight is 348 g/mol. The van der Waals surface area contributed by atoms with Crippen molar-refractivity contribution in [1.29, 1.82) is 0 Å². The molecule has 128 valence electrons. The second kappa shape index (κ2) is 7.04. The number of carbonyl (C=O) groups is 1. The third kappa shape index (κ3) is 3.94. The van der Waals surface area contributed by atoms with E-state index in [1.807, 2.05) is 7.05 Å². The molecule has 0 radical (unpaired) electrons. The topological polar surface area (TPSA) is 76.6 Å². The predicted molar refractivity (Wildman–Crippen MR) is 93.3 cm³/mol. The number of anilines is 2. The van der Waals surface area contributed by atoms with Crippen LogP contribution in [0.25, 0.3) is 0 Å². The third-order valence-electron chi connectivity index (χ3n) is 3.72. The van der Waals surface area contributed by atoms with E-state index in [9.17, 15) is 4.79 Å². The van der Waals surface area contributed by atoms with Gasteiger partial charge in [-0.15, -0.1) is 0 Å². The summed E-state index contributed by atoms with van der Waals surface area (Å²) < 4.78 is 14.8. The number of likely N-dealkylation sites (N-methyl/N-ethyl adjacent to an activating group) is 1. The molecule has 0 bridgehead atoms. The van der Waals surface area contributed by atoms with Crippen molar-refractivity contribution in [1.82, 2.24) is 9.36 Å². The summed E-state index contributed by atoms with van der Waals surface area (Å²) >= 11 is 1.33. The summed E-state index contributed by atoms with van der Waals surface area (Å²) in [7, 11) is 4.98. The largest absolute Gasteiger partial charge is 0.497 e. The highest BCUT2D eigenvalue weighted by atomic mass is 32.1. The first-order valence-corrected chi connectivity index (χ1v) is 8.44. The van der Waals surface area contributed by atoms with Crippen LogP contribution in [0.3, 0.4) is 0 Å². The summed E-state index contributed by atoms with van der Waals surface area (Å²) in [5, 5.41) is 3.61. The molecule has 1 amide bonds. The number of methoxy groups -OCH3 is 2. The Kier molecular flexibility index (Phi) is 4.84. The van der Waals surface area contributed by atoms with Gasteiger partial charge < -0.3 is 19.7 Å². The van der Waals surface area contributed by atoms with Gasteiger partial charge in [0, 0.05) is 48.4 Å². The van der Waals surface area contributed by atoms with Gasteiger partial charge in [0.1, 0.15) is 17.3 Å².